The van der Waals surface area contributed by atoms with Crippen molar-refractivity contribution in [2.75, 3.05) is 7.11 Å². The van der Waals surface area contributed by atoms with Crippen LogP contribution in [0.3, 0.4) is 0 Å². The second-order valence-corrected chi connectivity index (χ2v) is 7.73. The van der Waals surface area contributed by atoms with Gasteiger partial charge in [0.05, 0.1) is 7.11 Å². The maximum Gasteiger partial charge on any atom is 0.347 e. The van der Waals surface area contributed by atoms with E-state index in [0.717, 1.165) is 39.0 Å². The SMILES string of the molecule is COc1ccc2c(Oc3ccc(/C=C(\Cl)C(=O)O)cc3)c(-c3ccccc3)c(C)cc2c1. The average Bonchev–Trinajstić information content (AvgIpc) is 2.80. The number of benzene rings is 4. The lowest BCUT2D eigenvalue weighted by Crippen LogP contribution is -1.95. The highest BCUT2D eigenvalue weighted by Gasteiger charge is 2.16. The van der Waals surface area contributed by atoms with Crippen molar-refractivity contribution >= 4 is 34.4 Å². The minimum Gasteiger partial charge on any atom is -0.497 e. The fourth-order valence-electron chi connectivity index (χ4n) is 3.64. The Balaban J connectivity index is 1.83. The molecule has 0 radical (unpaired) electrons. The number of hydrogen-bond acceptors (Lipinski definition) is 3. The lowest BCUT2D eigenvalue weighted by Gasteiger charge is -2.18. The van der Waals surface area contributed by atoms with Crippen molar-refractivity contribution in [3.05, 3.63) is 95.0 Å². The van der Waals surface area contributed by atoms with E-state index in [9.17, 15) is 4.79 Å². The maximum absolute atomic E-state index is 11.0. The van der Waals surface area contributed by atoms with Gasteiger partial charge in [0.15, 0.2) is 0 Å². The van der Waals surface area contributed by atoms with Gasteiger partial charge in [0.25, 0.3) is 0 Å². The van der Waals surface area contributed by atoms with Crippen molar-refractivity contribution in [3.63, 3.8) is 0 Å². The Labute approximate surface area is 191 Å². The van der Waals surface area contributed by atoms with Crippen molar-refractivity contribution in [2.45, 2.75) is 6.92 Å². The zero-order valence-corrected chi connectivity index (χ0v) is 18.4. The first-order valence-electron chi connectivity index (χ1n) is 10.0. The molecule has 32 heavy (non-hydrogen) atoms. The van der Waals surface area contributed by atoms with Gasteiger partial charge in [0, 0.05) is 10.9 Å². The van der Waals surface area contributed by atoms with Crippen molar-refractivity contribution in [1.82, 2.24) is 0 Å². The Morgan fingerprint density at radius 2 is 1.62 bits per heavy atom. The summed E-state index contributed by atoms with van der Waals surface area (Å²) in [5, 5.41) is 10.7. The van der Waals surface area contributed by atoms with Crippen molar-refractivity contribution < 1.29 is 19.4 Å². The van der Waals surface area contributed by atoms with Crippen LogP contribution in [0.25, 0.3) is 28.0 Å². The first kappa shape index (κ1) is 21.5. The van der Waals surface area contributed by atoms with Crippen LogP contribution in [0, 0.1) is 6.92 Å². The van der Waals surface area contributed by atoms with Crippen LogP contribution in [0.15, 0.2) is 83.9 Å². The van der Waals surface area contributed by atoms with E-state index in [1.165, 1.54) is 6.08 Å². The van der Waals surface area contributed by atoms with E-state index >= 15 is 0 Å². The van der Waals surface area contributed by atoms with E-state index in [1.54, 1.807) is 31.4 Å². The van der Waals surface area contributed by atoms with Crippen LogP contribution >= 0.6 is 11.6 Å². The van der Waals surface area contributed by atoms with Crippen LogP contribution < -0.4 is 9.47 Å². The number of ether oxygens (including phenoxy) is 2. The monoisotopic (exact) mass is 444 g/mol. The van der Waals surface area contributed by atoms with Crippen LogP contribution in [-0.4, -0.2) is 18.2 Å². The molecule has 160 valence electrons. The van der Waals surface area contributed by atoms with Gasteiger partial charge in [-0.2, -0.15) is 0 Å². The molecule has 4 aromatic carbocycles. The van der Waals surface area contributed by atoms with Crippen LogP contribution in [0.1, 0.15) is 11.1 Å². The predicted molar refractivity (Wildman–Crippen MR) is 129 cm³/mol. The molecule has 0 fully saturated rings. The zero-order chi connectivity index (χ0) is 22.7. The van der Waals surface area contributed by atoms with E-state index in [0.29, 0.717) is 11.3 Å². The molecule has 1 N–H and O–H groups in total. The van der Waals surface area contributed by atoms with Gasteiger partial charge < -0.3 is 14.6 Å². The van der Waals surface area contributed by atoms with Crippen LogP contribution in [0.5, 0.6) is 17.2 Å². The molecule has 4 aromatic rings. The molecule has 5 heteroatoms. The van der Waals surface area contributed by atoms with Gasteiger partial charge in [0.2, 0.25) is 0 Å². The Morgan fingerprint density at radius 1 is 0.938 bits per heavy atom. The molecule has 0 aliphatic heterocycles. The summed E-state index contributed by atoms with van der Waals surface area (Å²) in [5.41, 5.74) is 3.83. The summed E-state index contributed by atoms with van der Waals surface area (Å²) in [4.78, 5) is 11.0. The molecule has 0 aromatic heterocycles. The number of rotatable bonds is 6. The van der Waals surface area contributed by atoms with E-state index in [4.69, 9.17) is 26.2 Å². The van der Waals surface area contributed by atoms with E-state index < -0.39 is 5.97 Å². The summed E-state index contributed by atoms with van der Waals surface area (Å²) in [6, 6.07) is 25.3. The average molecular weight is 445 g/mol. The summed E-state index contributed by atoms with van der Waals surface area (Å²) >= 11 is 5.74. The summed E-state index contributed by atoms with van der Waals surface area (Å²) < 4.78 is 11.8. The zero-order valence-electron chi connectivity index (χ0n) is 17.6. The molecule has 0 spiro atoms. The fraction of sp³-hybridized carbons (Fsp3) is 0.0741. The smallest absolute Gasteiger partial charge is 0.347 e. The number of halogens is 1. The molecule has 0 saturated carbocycles. The van der Waals surface area contributed by atoms with Gasteiger partial charge >= 0.3 is 5.97 Å². The van der Waals surface area contributed by atoms with Gasteiger partial charge in [-0.25, -0.2) is 4.79 Å². The molecule has 4 nitrogen and oxygen atoms in total. The number of carbonyl (C=O) groups is 1. The van der Waals surface area contributed by atoms with Crippen molar-refractivity contribution in [1.29, 1.82) is 0 Å². The number of methoxy groups -OCH3 is 1. The molecular weight excluding hydrogens is 424 g/mol. The lowest BCUT2D eigenvalue weighted by atomic mass is 9.94. The number of carboxylic acids is 1. The molecule has 0 atom stereocenters. The minimum absolute atomic E-state index is 0.247. The number of hydrogen-bond donors (Lipinski definition) is 1. The molecule has 0 amide bonds. The van der Waals surface area contributed by atoms with Gasteiger partial charge in [-0.1, -0.05) is 60.1 Å². The van der Waals surface area contributed by atoms with Gasteiger partial charge in [0.1, 0.15) is 22.3 Å². The molecule has 0 heterocycles. The number of carboxylic acid groups (broad SMARTS) is 1. The summed E-state index contributed by atoms with van der Waals surface area (Å²) in [6.07, 6.45) is 1.40. The number of aryl methyl sites for hydroxylation is 1. The lowest BCUT2D eigenvalue weighted by molar-refractivity contribution is -0.131. The van der Waals surface area contributed by atoms with Gasteiger partial charge in [-0.15, -0.1) is 0 Å². The van der Waals surface area contributed by atoms with Crippen LogP contribution in [-0.2, 0) is 4.79 Å². The fourth-order valence-corrected chi connectivity index (χ4v) is 3.77. The summed E-state index contributed by atoms with van der Waals surface area (Å²) in [7, 11) is 1.65. The molecular formula is C27H21ClO4. The van der Waals surface area contributed by atoms with Crippen molar-refractivity contribution in [2.24, 2.45) is 0 Å². The Bertz CT molecular complexity index is 1310. The third-order valence-electron chi connectivity index (χ3n) is 5.16. The first-order valence-corrected chi connectivity index (χ1v) is 10.4. The van der Waals surface area contributed by atoms with Crippen LogP contribution in [0.4, 0.5) is 0 Å². The normalized spacial score (nSPS) is 11.4. The Hall–Kier alpha value is -3.76. The Kier molecular flexibility index (Phi) is 6.15. The maximum atomic E-state index is 11.0. The van der Waals surface area contributed by atoms with E-state index in [1.807, 2.05) is 36.4 Å². The highest BCUT2D eigenvalue weighted by molar-refractivity contribution is 6.42. The largest absolute Gasteiger partial charge is 0.497 e. The second kappa shape index (κ2) is 9.16. The number of fused-ring (bicyclic) bond motifs is 1. The second-order valence-electron chi connectivity index (χ2n) is 7.32. The topological polar surface area (TPSA) is 55.8 Å². The summed E-state index contributed by atoms with van der Waals surface area (Å²) in [6.45, 7) is 2.07. The predicted octanol–water partition coefficient (Wildman–Crippen LogP) is 7.28. The van der Waals surface area contributed by atoms with E-state index in [-0.39, 0.29) is 5.03 Å². The molecule has 4 rings (SSSR count). The highest BCUT2D eigenvalue weighted by Crippen LogP contribution is 2.42. The molecule has 0 unspecified atom stereocenters. The minimum atomic E-state index is -1.17. The molecule has 0 aliphatic rings. The van der Waals surface area contributed by atoms with Gasteiger partial charge in [-0.3, -0.25) is 0 Å². The Morgan fingerprint density at radius 3 is 2.28 bits per heavy atom. The summed E-state index contributed by atoms with van der Waals surface area (Å²) in [5.74, 6) is 0.997. The standard InChI is InChI=1S/C27H21ClO4/c1-17-14-20-16-22(31-2)12-13-23(20)26(25(17)19-6-4-3-5-7-19)32-21-10-8-18(9-11-21)15-24(28)27(29)30/h3-16H,1-2H3,(H,29,30)/b24-15-. The number of aliphatic carboxylic acids is 1. The van der Waals surface area contributed by atoms with Gasteiger partial charge in [-0.05, 0) is 65.4 Å². The first-order chi connectivity index (χ1) is 15.5. The van der Waals surface area contributed by atoms with Crippen molar-refractivity contribution in [3.8, 4) is 28.4 Å². The van der Waals surface area contributed by atoms with Crippen LogP contribution in [0.2, 0.25) is 0 Å². The highest BCUT2D eigenvalue weighted by atomic mass is 35.5. The molecule has 0 aliphatic carbocycles. The third-order valence-corrected chi connectivity index (χ3v) is 5.43. The molecule has 0 saturated heterocycles. The van der Waals surface area contributed by atoms with E-state index in [2.05, 4.69) is 25.1 Å². The third kappa shape index (κ3) is 4.46. The quantitative estimate of drug-likeness (QED) is 0.317. The molecule has 0 bridgehead atoms.